The van der Waals surface area contributed by atoms with Gasteiger partial charge in [0.15, 0.2) is 0 Å². The van der Waals surface area contributed by atoms with E-state index < -0.39 is 4.92 Å². The van der Waals surface area contributed by atoms with Crippen molar-refractivity contribution < 1.29 is 4.92 Å². The molecular formula is C13H17ClN2O2. The number of nitro benzene ring substituents is 1. The van der Waals surface area contributed by atoms with Crippen LogP contribution in [0.15, 0.2) is 18.2 Å². The number of nitro groups is 1. The van der Waals surface area contributed by atoms with Crippen LogP contribution in [-0.4, -0.2) is 11.5 Å². The standard InChI is InChI=1S/C13H17ClN2O2/c1-2-13(7-4-8-13)9-15-11-6-3-5-10(14)12(11)16(17)18/h3,5-6,15H,2,4,7-9H2,1H3. The molecule has 0 amide bonds. The quantitative estimate of drug-likeness (QED) is 0.642. The van der Waals surface area contributed by atoms with E-state index in [1.807, 2.05) is 0 Å². The molecule has 0 radical (unpaired) electrons. The highest BCUT2D eigenvalue weighted by Crippen LogP contribution is 2.44. The van der Waals surface area contributed by atoms with Crippen LogP contribution in [0.1, 0.15) is 32.6 Å². The Bertz CT molecular complexity index is 453. The van der Waals surface area contributed by atoms with E-state index in [4.69, 9.17) is 11.6 Å². The second-order valence-corrected chi connectivity index (χ2v) is 5.36. The third-order valence-electron chi connectivity index (χ3n) is 3.99. The Morgan fingerprint density at radius 1 is 1.50 bits per heavy atom. The van der Waals surface area contributed by atoms with Gasteiger partial charge in [0, 0.05) is 6.54 Å². The zero-order chi connectivity index (χ0) is 13.2. The van der Waals surface area contributed by atoms with Crippen molar-refractivity contribution in [1.29, 1.82) is 0 Å². The number of hydrogen-bond donors (Lipinski definition) is 1. The molecule has 1 aliphatic carbocycles. The molecule has 0 unspecified atom stereocenters. The highest BCUT2D eigenvalue weighted by atomic mass is 35.5. The first-order valence-corrected chi connectivity index (χ1v) is 6.62. The Hall–Kier alpha value is -1.29. The van der Waals surface area contributed by atoms with Crippen molar-refractivity contribution in [2.24, 2.45) is 5.41 Å². The summed E-state index contributed by atoms with van der Waals surface area (Å²) in [5, 5.41) is 14.4. The third-order valence-corrected chi connectivity index (χ3v) is 4.29. The van der Waals surface area contributed by atoms with Gasteiger partial charge in [0.05, 0.1) is 4.92 Å². The number of hydrogen-bond acceptors (Lipinski definition) is 3. The summed E-state index contributed by atoms with van der Waals surface area (Å²) >= 11 is 5.87. The first-order chi connectivity index (χ1) is 8.58. The summed E-state index contributed by atoms with van der Waals surface area (Å²) in [5.41, 5.74) is 0.813. The third kappa shape index (κ3) is 2.43. The molecule has 0 aliphatic heterocycles. The maximum absolute atomic E-state index is 11.0. The monoisotopic (exact) mass is 268 g/mol. The van der Waals surface area contributed by atoms with Crippen molar-refractivity contribution in [3.05, 3.63) is 33.3 Å². The second kappa shape index (κ2) is 5.14. The Balaban J connectivity index is 2.14. The fourth-order valence-corrected chi connectivity index (χ4v) is 2.70. The molecule has 4 nitrogen and oxygen atoms in total. The highest BCUT2D eigenvalue weighted by molar-refractivity contribution is 6.33. The Morgan fingerprint density at radius 3 is 2.72 bits per heavy atom. The van der Waals surface area contributed by atoms with E-state index in [0.717, 1.165) is 13.0 Å². The number of nitrogens with zero attached hydrogens (tertiary/aromatic N) is 1. The van der Waals surface area contributed by atoms with E-state index in [9.17, 15) is 10.1 Å². The second-order valence-electron chi connectivity index (χ2n) is 4.95. The molecule has 1 aromatic rings. The number of anilines is 1. The first-order valence-electron chi connectivity index (χ1n) is 6.25. The first kappa shape index (κ1) is 13.1. The van der Waals surface area contributed by atoms with Gasteiger partial charge >= 0.3 is 5.69 Å². The van der Waals surface area contributed by atoms with Crippen LogP contribution in [0.5, 0.6) is 0 Å². The van der Waals surface area contributed by atoms with Crippen LogP contribution < -0.4 is 5.32 Å². The molecule has 1 aliphatic rings. The average Bonchev–Trinajstić information content (AvgIpc) is 2.27. The predicted molar refractivity (Wildman–Crippen MR) is 73.2 cm³/mol. The minimum Gasteiger partial charge on any atom is -0.379 e. The number of para-hydroxylation sites is 1. The van der Waals surface area contributed by atoms with Crippen molar-refractivity contribution in [2.45, 2.75) is 32.6 Å². The van der Waals surface area contributed by atoms with Crippen LogP contribution in [0.4, 0.5) is 11.4 Å². The van der Waals surface area contributed by atoms with Crippen LogP contribution in [0.3, 0.4) is 0 Å². The number of benzene rings is 1. The molecule has 1 saturated carbocycles. The van der Waals surface area contributed by atoms with Gasteiger partial charge in [-0.1, -0.05) is 31.0 Å². The maximum atomic E-state index is 11.0. The van der Waals surface area contributed by atoms with Crippen molar-refractivity contribution in [3.63, 3.8) is 0 Å². The predicted octanol–water partition coefficient (Wildman–Crippen LogP) is 4.24. The Morgan fingerprint density at radius 2 is 2.22 bits per heavy atom. The van der Waals surface area contributed by atoms with Crippen molar-refractivity contribution in [1.82, 2.24) is 0 Å². The van der Waals surface area contributed by atoms with Crippen LogP contribution in [0.25, 0.3) is 0 Å². The lowest BCUT2D eigenvalue weighted by Gasteiger charge is -2.41. The van der Waals surface area contributed by atoms with E-state index in [0.29, 0.717) is 11.1 Å². The molecule has 1 N–H and O–H groups in total. The summed E-state index contributed by atoms with van der Waals surface area (Å²) < 4.78 is 0. The lowest BCUT2D eigenvalue weighted by atomic mass is 9.67. The van der Waals surface area contributed by atoms with Gasteiger partial charge in [0.1, 0.15) is 10.7 Å². The summed E-state index contributed by atoms with van der Waals surface area (Å²) in [6.45, 7) is 2.96. The van der Waals surface area contributed by atoms with Gasteiger partial charge in [-0.05, 0) is 36.8 Å². The van der Waals surface area contributed by atoms with Crippen molar-refractivity contribution >= 4 is 23.0 Å². The topological polar surface area (TPSA) is 55.2 Å². The molecule has 18 heavy (non-hydrogen) atoms. The van der Waals surface area contributed by atoms with Gasteiger partial charge in [-0.2, -0.15) is 0 Å². The van der Waals surface area contributed by atoms with E-state index >= 15 is 0 Å². The highest BCUT2D eigenvalue weighted by Gasteiger charge is 2.35. The molecule has 0 atom stereocenters. The van der Waals surface area contributed by atoms with Gasteiger partial charge in [0.2, 0.25) is 0 Å². The summed E-state index contributed by atoms with van der Waals surface area (Å²) in [7, 11) is 0. The van der Waals surface area contributed by atoms with Gasteiger partial charge in [0.25, 0.3) is 0 Å². The average molecular weight is 269 g/mol. The minimum atomic E-state index is -0.427. The molecular weight excluding hydrogens is 252 g/mol. The molecule has 1 aromatic carbocycles. The fourth-order valence-electron chi connectivity index (χ4n) is 2.46. The molecule has 1 fully saturated rings. The zero-order valence-corrected chi connectivity index (χ0v) is 11.2. The van der Waals surface area contributed by atoms with E-state index in [1.54, 1.807) is 18.2 Å². The SMILES string of the molecule is CCC1(CNc2cccc(Cl)c2[N+](=O)[O-])CCC1. The van der Waals surface area contributed by atoms with Gasteiger partial charge in [-0.15, -0.1) is 0 Å². The van der Waals surface area contributed by atoms with Crippen LogP contribution in [0.2, 0.25) is 5.02 Å². The van der Waals surface area contributed by atoms with Crippen LogP contribution in [0, 0.1) is 15.5 Å². The Kier molecular flexibility index (Phi) is 3.76. The number of halogens is 1. The molecule has 0 spiro atoms. The molecule has 5 heteroatoms. The normalized spacial score (nSPS) is 17.0. The van der Waals surface area contributed by atoms with Crippen LogP contribution >= 0.6 is 11.6 Å². The fraction of sp³-hybridized carbons (Fsp3) is 0.538. The Labute approximate surface area is 111 Å². The smallest absolute Gasteiger partial charge is 0.310 e. The molecule has 0 aromatic heterocycles. The van der Waals surface area contributed by atoms with Gasteiger partial charge < -0.3 is 5.32 Å². The van der Waals surface area contributed by atoms with E-state index in [2.05, 4.69) is 12.2 Å². The largest absolute Gasteiger partial charge is 0.379 e. The minimum absolute atomic E-state index is 0.0234. The molecule has 2 rings (SSSR count). The summed E-state index contributed by atoms with van der Waals surface area (Å²) in [6.07, 6.45) is 4.76. The summed E-state index contributed by atoms with van der Waals surface area (Å²) in [5.74, 6) is 0. The molecule has 0 bridgehead atoms. The summed E-state index contributed by atoms with van der Waals surface area (Å²) in [4.78, 5) is 10.6. The lowest BCUT2D eigenvalue weighted by molar-refractivity contribution is -0.383. The molecule has 0 saturated heterocycles. The van der Waals surface area contributed by atoms with E-state index in [1.165, 1.54) is 19.3 Å². The van der Waals surface area contributed by atoms with Gasteiger partial charge in [-0.3, -0.25) is 10.1 Å². The van der Waals surface area contributed by atoms with Crippen LogP contribution in [-0.2, 0) is 0 Å². The number of rotatable bonds is 5. The summed E-state index contributed by atoms with van der Waals surface area (Å²) in [6, 6.07) is 4.99. The maximum Gasteiger partial charge on any atom is 0.310 e. The van der Waals surface area contributed by atoms with Gasteiger partial charge in [-0.25, -0.2) is 0 Å². The van der Waals surface area contributed by atoms with E-state index in [-0.39, 0.29) is 10.7 Å². The zero-order valence-electron chi connectivity index (χ0n) is 10.4. The molecule has 0 heterocycles. The lowest BCUT2D eigenvalue weighted by Crippen LogP contribution is -2.35. The molecule has 98 valence electrons. The number of nitrogens with one attached hydrogen (secondary N) is 1. The van der Waals surface area contributed by atoms with Crippen molar-refractivity contribution in [2.75, 3.05) is 11.9 Å². The van der Waals surface area contributed by atoms with Crippen molar-refractivity contribution in [3.8, 4) is 0 Å².